The van der Waals surface area contributed by atoms with Crippen LogP contribution < -0.4 is 0 Å². The van der Waals surface area contributed by atoms with Crippen LogP contribution in [0.3, 0.4) is 0 Å². The molecule has 13 heteroatoms. The third-order valence-electron chi connectivity index (χ3n) is 2.97. The van der Waals surface area contributed by atoms with E-state index in [1.807, 2.05) is 0 Å². The fourth-order valence-corrected chi connectivity index (χ4v) is 2.25. The van der Waals surface area contributed by atoms with Crippen molar-refractivity contribution in [3.8, 4) is 5.75 Å². The maximum Gasteiger partial charge on any atom is 0.525 e. The molecule has 9 nitrogen and oxygen atoms in total. The molecule has 0 aliphatic carbocycles. The number of amides is 1. The lowest BCUT2D eigenvalue weighted by Gasteiger charge is -2.29. The first-order valence-electron chi connectivity index (χ1n) is 7.57. The van der Waals surface area contributed by atoms with E-state index in [1.165, 1.54) is 45.0 Å². The zero-order chi connectivity index (χ0) is 21.9. The molecule has 1 aromatic rings. The van der Waals surface area contributed by atoms with Gasteiger partial charge in [-0.1, -0.05) is 12.1 Å². The molecule has 0 bridgehead atoms. The monoisotopic (exact) mass is 429 g/mol. The number of alkyl halides is 3. The van der Waals surface area contributed by atoms with Crippen molar-refractivity contribution >= 4 is 22.2 Å². The number of rotatable bonds is 6. The second-order valence-corrected chi connectivity index (χ2v) is 8.03. The van der Waals surface area contributed by atoms with Crippen molar-refractivity contribution in [2.24, 2.45) is 0 Å². The van der Waals surface area contributed by atoms with E-state index < -0.39 is 50.8 Å². The normalized spacial score (nSPS) is 13.6. The molecular weight excluding hydrogens is 411 g/mol. The molecule has 0 fully saturated rings. The molecule has 158 valence electrons. The average molecular weight is 429 g/mol. The lowest BCUT2D eigenvalue weighted by Crippen LogP contribution is -2.50. The van der Waals surface area contributed by atoms with Crippen LogP contribution in [-0.4, -0.2) is 52.9 Å². The van der Waals surface area contributed by atoms with Gasteiger partial charge in [0.1, 0.15) is 11.4 Å². The molecule has 0 aromatic heterocycles. The number of ether oxygens (including phenoxy) is 1. The number of phenols is 1. The molecule has 1 aromatic carbocycles. The molecule has 1 rings (SSSR count). The number of carbonyl (C=O) groups excluding carboxylic acids is 1. The summed E-state index contributed by atoms with van der Waals surface area (Å²) in [6, 6.07) is 2.61. The highest BCUT2D eigenvalue weighted by Gasteiger charge is 2.51. The number of carbonyl (C=O) groups is 2. The molecule has 1 amide bonds. The highest BCUT2D eigenvalue weighted by atomic mass is 32.2. The van der Waals surface area contributed by atoms with E-state index in [9.17, 15) is 41.4 Å². The third kappa shape index (κ3) is 6.56. The number of aliphatic carboxylic acids is 1. The Bertz CT molecular complexity index is 815. The number of carboxylic acid groups (broad SMARTS) is 1. The first-order valence-corrected chi connectivity index (χ1v) is 8.98. The minimum Gasteiger partial charge on any atom is -0.508 e. The maximum absolute atomic E-state index is 12.7. The van der Waals surface area contributed by atoms with Crippen molar-refractivity contribution in [2.45, 2.75) is 44.3 Å². The van der Waals surface area contributed by atoms with Gasteiger partial charge in [0.05, 0.1) is 0 Å². The number of hydroxylamine groups is 2. The number of nitrogens with zero attached hydrogens (tertiary/aromatic N) is 1. The van der Waals surface area contributed by atoms with Gasteiger partial charge in [0.25, 0.3) is 0 Å². The second kappa shape index (κ2) is 8.22. The van der Waals surface area contributed by atoms with E-state index in [-0.39, 0.29) is 11.3 Å². The maximum atomic E-state index is 12.7. The summed E-state index contributed by atoms with van der Waals surface area (Å²) in [7, 11) is -6.35. The van der Waals surface area contributed by atoms with E-state index in [0.29, 0.717) is 0 Å². The first kappa shape index (κ1) is 23.5. The molecule has 0 unspecified atom stereocenters. The topological polar surface area (TPSA) is 130 Å². The Balaban J connectivity index is 3.32. The number of aromatic hydroxyl groups is 1. The van der Waals surface area contributed by atoms with Crippen molar-refractivity contribution < 1.29 is 50.4 Å². The number of carboxylic acids is 1. The lowest BCUT2D eigenvalue weighted by molar-refractivity contribution is -0.160. The minimum absolute atomic E-state index is 0.159. The van der Waals surface area contributed by atoms with Gasteiger partial charge in [-0.2, -0.15) is 26.7 Å². The van der Waals surface area contributed by atoms with E-state index in [2.05, 4.69) is 4.28 Å². The van der Waals surface area contributed by atoms with Gasteiger partial charge in [0.2, 0.25) is 0 Å². The van der Waals surface area contributed by atoms with Crippen LogP contribution in [0, 0.1) is 0 Å². The summed E-state index contributed by atoms with van der Waals surface area (Å²) >= 11 is 0. The Morgan fingerprint density at radius 2 is 1.64 bits per heavy atom. The Morgan fingerprint density at radius 3 is 2.04 bits per heavy atom. The quantitative estimate of drug-likeness (QED) is 0.521. The number of halogens is 3. The summed E-state index contributed by atoms with van der Waals surface area (Å²) in [4.78, 5) is 23.8. The third-order valence-corrected chi connectivity index (χ3v) is 3.89. The molecule has 0 aliphatic heterocycles. The molecule has 2 N–H and O–H groups in total. The standard InChI is InChI=1S/C15H18F3NO8S/c1-14(2,3)26-13(23)19(27-28(24,25)15(16,17)18)11(12(21)22)8-9-4-6-10(20)7-5-9/h4-7,11,20H,8H2,1-3H3,(H,21,22)/t11-/m0/s1. The molecule has 0 spiro atoms. The van der Waals surface area contributed by atoms with Gasteiger partial charge >= 0.3 is 27.7 Å². The van der Waals surface area contributed by atoms with E-state index in [4.69, 9.17) is 4.74 Å². The average Bonchev–Trinajstić information content (AvgIpc) is 2.49. The van der Waals surface area contributed by atoms with Crippen LogP contribution in [0.15, 0.2) is 24.3 Å². The highest BCUT2D eigenvalue weighted by molar-refractivity contribution is 7.87. The van der Waals surface area contributed by atoms with Gasteiger partial charge in [-0.05, 0) is 38.5 Å². The summed E-state index contributed by atoms with van der Waals surface area (Å²) in [5.74, 6) is -2.02. The minimum atomic E-state index is -6.35. The predicted octanol–water partition coefficient (Wildman–Crippen LogP) is 2.41. The summed E-state index contributed by atoms with van der Waals surface area (Å²) in [6.07, 6.45) is -2.38. The SMILES string of the molecule is CC(C)(C)OC(=O)N(OS(=O)(=O)C(F)(F)F)[C@@H](Cc1ccc(O)cc1)C(=O)O. The first-order chi connectivity index (χ1) is 12.5. The second-order valence-electron chi connectivity index (χ2n) is 6.51. The van der Waals surface area contributed by atoms with Crippen molar-refractivity contribution in [1.82, 2.24) is 5.06 Å². The van der Waals surface area contributed by atoms with Crippen molar-refractivity contribution in [2.75, 3.05) is 0 Å². The van der Waals surface area contributed by atoms with Crippen molar-refractivity contribution in [3.63, 3.8) is 0 Å². The smallest absolute Gasteiger partial charge is 0.508 e. The van der Waals surface area contributed by atoms with E-state index in [1.54, 1.807) is 0 Å². The fourth-order valence-electron chi connectivity index (χ4n) is 1.79. The molecule has 0 saturated heterocycles. The van der Waals surface area contributed by atoms with Gasteiger partial charge in [0.15, 0.2) is 6.04 Å². The van der Waals surface area contributed by atoms with E-state index in [0.717, 1.165) is 0 Å². The van der Waals surface area contributed by atoms with Crippen LogP contribution >= 0.6 is 0 Å². The number of phenolic OH excluding ortho intramolecular Hbond substituents is 1. The zero-order valence-electron chi connectivity index (χ0n) is 14.9. The zero-order valence-corrected chi connectivity index (χ0v) is 15.7. The van der Waals surface area contributed by atoms with Crippen LogP contribution in [0.5, 0.6) is 5.75 Å². The Hall–Kier alpha value is -2.54. The molecule has 28 heavy (non-hydrogen) atoms. The molecule has 1 atom stereocenters. The fraction of sp³-hybridized carbons (Fsp3) is 0.467. The summed E-state index contributed by atoms with van der Waals surface area (Å²) in [5.41, 5.74) is -7.04. The predicted molar refractivity (Wildman–Crippen MR) is 87.4 cm³/mol. The van der Waals surface area contributed by atoms with Crippen LogP contribution in [0.4, 0.5) is 18.0 Å². The van der Waals surface area contributed by atoms with Gasteiger partial charge in [-0.25, -0.2) is 9.59 Å². The van der Waals surface area contributed by atoms with Crippen molar-refractivity contribution in [1.29, 1.82) is 0 Å². The summed E-state index contributed by atoms with van der Waals surface area (Å²) in [6.45, 7) is 3.99. The molecule has 0 aliphatic rings. The highest BCUT2D eigenvalue weighted by Crippen LogP contribution is 2.28. The number of benzene rings is 1. The molecule has 0 heterocycles. The van der Waals surface area contributed by atoms with Crippen LogP contribution in [0.2, 0.25) is 0 Å². The summed E-state index contributed by atoms with van der Waals surface area (Å²) < 4.78 is 69.2. The Morgan fingerprint density at radius 1 is 1.14 bits per heavy atom. The van der Waals surface area contributed by atoms with Crippen molar-refractivity contribution in [3.05, 3.63) is 29.8 Å². The largest absolute Gasteiger partial charge is 0.525 e. The summed E-state index contributed by atoms with van der Waals surface area (Å²) in [5, 5.41) is 18.1. The number of hydrogen-bond acceptors (Lipinski definition) is 7. The van der Waals surface area contributed by atoms with Gasteiger partial charge < -0.3 is 14.9 Å². The Kier molecular flexibility index (Phi) is 6.90. The van der Waals surface area contributed by atoms with Crippen LogP contribution in [0.25, 0.3) is 0 Å². The lowest BCUT2D eigenvalue weighted by atomic mass is 10.1. The van der Waals surface area contributed by atoms with Gasteiger partial charge in [-0.15, -0.1) is 4.28 Å². The number of hydrogen-bond donors (Lipinski definition) is 2. The Labute approximate surface area is 158 Å². The molecular formula is C15H18F3NO8S. The van der Waals surface area contributed by atoms with E-state index >= 15 is 0 Å². The molecule has 0 saturated carbocycles. The molecule has 0 radical (unpaired) electrons. The van der Waals surface area contributed by atoms with Gasteiger partial charge in [-0.3, -0.25) is 0 Å². The van der Waals surface area contributed by atoms with Crippen LogP contribution in [0.1, 0.15) is 26.3 Å². The van der Waals surface area contributed by atoms with Gasteiger partial charge in [0, 0.05) is 6.42 Å². The van der Waals surface area contributed by atoms with Crippen LogP contribution in [-0.2, 0) is 30.4 Å².